The van der Waals surface area contributed by atoms with E-state index in [2.05, 4.69) is 29.8 Å². The SMILES string of the molecule is CC#CCNC(=O)C(S)Cc1ccccc1. The van der Waals surface area contributed by atoms with Crippen LogP contribution >= 0.6 is 12.6 Å². The Morgan fingerprint density at radius 3 is 2.75 bits per heavy atom. The number of amides is 1. The third-order valence-electron chi connectivity index (χ3n) is 2.10. The van der Waals surface area contributed by atoms with Crippen molar-refractivity contribution < 1.29 is 4.79 Å². The molecule has 0 aliphatic heterocycles. The van der Waals surface area contributed by atoms with Gasteiger partial charge >= 0.3 is 0 Å². The fourth-order valence-corrected chi connectivity index (χ4v) is 1.57. The maximum atomic E-state index is 11.6. The first kappa shape index (κ1) is 12.7. The Hall–Kier alpha value is -1.40. The molecule has 0 aliphatic carbocycles. The molecule has 0 fully saturated rings. The minimum Gasteiger partial charge on any atom is -0.344 e. The van der Waals surface area contributed by atoms with E-state index < -0.39 is 0 Å². The maximum absolute atomic E-state index is 11.6. The van der Waals surface area contributed by atoms with Crippen molar-refractivity contribution in [3.05, 3.63) is 35.9 Å². The molecular weight excluding hydrogens is 218 g/mol. The number of hydrogen-bond acceptors (Lipinski definition) is 2. The van der Waals surface area contributed by atoms with Gasteiger partial charge in [-0.3, -0.25) is 4.79 Å². The van der Waals surface area contributed by atoms with Crippen LogP contribution < -0.4 is 5.32 Å². The van der Waals surface area contributed by atoms with Gasteiger partial charge in [0.2, 0.25) is 5.91 Å². The standard InChI is InChI=1S/C13H15NOS/c1-2-3-9-14-13(15)12(16)10-11-7-5-4-6-8-11/h4-8,12,16H,9-10H2,1H3,(H,14,15). The first-order chi connectivity index (χ1) is 7.74. The van der Waals surface area contributed by atoms with Gasteiger partial charge in [0.05, 0.1) is 11.8 Å². The average Bonchev–Trinajstić information content (AvgIpc) is 2.30. The van der Waals surface area contributed by atoms with Gasteiger partial charge in [0.25, 0.3) is 0 Å². The van der Waals surface area contributed by atoms with Crippen LogP contribution in [0.1, 0.15) is 12.5 Å². The number of thiol groups is 1. The molecule has 0 radical (unpaired) electrons. The summed E-state index contributed by atoms with van der Waals surface area (Å²) in [6.07, 6.45) is 0.634. The second-order valence-corrected chi connectivity index (χ2v) is 3.97. The van der Waals surface area contributed by atoms with Crippen LogP contribution in [0.4, 0.5) is 0 Å². The zero-order valence-corrected chi connectivity index (χ0v) is 10.1. The number of nitrogens with one attached hydrogen (secondary N) is 1. The van der Waals surface area contributed by atoms with E-state index in [9.17, 15) is 4.79 Å². The molecule has 0 saturated heterocycles. The van der Waals surface area contributed by atoms with Crippen LogP contribution in [0.3, 0.4) is 0 Å². The Morgan fingerprint density at radius 2 is 2.12 bits per heavy atom. The van der Waals surface area contributed by atoms with E-state index in [4.69, 9.17) is 0 Å². The van der Waals surface area contributed by atoms with Crippen molar-refractivity contribution in [3.63, 3.8) is 0 Å². The fraction of sp³-hybridized carbons (Fsp3) is 0.308. The zero-order chi connectivity index (χ0) is 11.8. The molecule has 16 heavy (non-hydrogen) atoms. The van der Waals surface area contributed by atoms with E-state index in [1.807, 2.05) is 30.3 Å². The van der Waals surface area contributed by atoms with Crippen LogP contribution in [0.15, 0.2) is 30.3 Å². The highest BCUT2D eigenvalue weighted by Crippen LogP contribution is 2.07. The van der Waals surface area contributed by atoms with Crippen LogP contribution in [0, 0.1) is 11.8 Å². The lowest BCUT2D eigenvalue weighted by Crippen LogP contribution is -2.32. The van der Waals surface area contributed by atoms with E-state index in [-0.39, 0.29) is 11.2 Å². The minimum absolute atomic E-state index is 0.0741. The first-order valence-corrected chi connectivity index (χ1v) is 5.65. The van der Waals surface area contributed by atoms with Gasteiger partial charge in [-0.1, -0.05) is 36.3 Å². The smallest absolute Gasteiger partial charge is 0.233 e. The number of hydrogen-bond donors (Lipinski definition) is 2. The van der Waals surface area contributed by atoms with Crippen molar-refractivity contribution in [1.82, 2.24) is 5.32 Å². The Bertz CT molecular complexity index is 391. The topological polar surface area (TPSA) is 29.1 Å². The Morgan fingerprint density at radius 1 is 1.44 bits per heavy atom. The highest BCUT2D eigenvalue weighted by molar-refractivity contribution is 7.81. The molecular formula is C13H15NOS. The van der Waals surface area contributed by atoms with E-state index in [0.29, 0.717) is 13.0 Å². The van der Waals surface area contributed by atoms with Crippen LogP contribution in [0.5, 0.6) is 0 Å². The molecule has 0 aliphatic rings. The summed E-state index contributed by atoms with van der Waals surface area (Å²) in [7, 11) is 0. The molecule has 1 rings (SSSR count). The second kappa shape index (κ2) is 6.97. The van der Waals surface area contributed by atoms with Crippen molar-refractivity contribution in [1.29, 1.82) is 0 Å². The predicted molar refractivity (Wildman–Crippen MR) is 69.4 cm³/mol. The summed E-state index contributed by atoms with van der Waals surface area (Å²) in [5, 5.41) is 2.40. The van der Waals surface area contributed by atoms with Gasteiger partial charge in [0.15, 0.2) is 0 Å². The highest BCUT2D eigenvalue weighted by atomic mass is 32.1. The van der Waals surface area contributed by atoms with Crippen molar-refractivity contribution in [2.45, 2.75) is 18.6 Å². The third kappa shape index (κ3) is 4.41. The van der Waals surface area contributed by atoms with Crippen LogP contribution in [-0.4, -0.2) is 17.7 Å². The summed E-state index contributed by atoms with van der Waals surface area (Å²) in [6, 6.07) is 9.84. The van der Waals surface area contributed by atoms with Crippen molar-refractivity contribution in [2.75, 3.05) is 6.54 Å². The molecule has 1 atom stereocenters. The van der Waals surface area contributed by atoms with Crippen molar-refractivity contribution in [2.24, 2.45) is 0 Å². The van der Waals surface area contributed by atoms with E-state index in [0.717, 1.165) is 5.56 Å². The average molecular weight is 233 g/mol. The van der Waals surface area contributed by atoms with Gasteiger partial charge in [0.1, 0.15) is 0 Å². The molecule has 0 spiro atoms. The first-order valence-electron chi connectivity index (χ1n) is 5.13. The summed E-state index contributed by atoms with van der Waals surface area (Å²) < 4.78 is 0. The van der Waals surface area contributed by atoms with Gasteiger partial charge < -0.3 is 5.32 Å². The van der Waals surface area contributed by atoms with E-state index >= 15 is 0 Å². The lowest BCUT2D eigenvalue weighted by atomic mass is 10.1. The largest absolute Gasteiger partial charge is 0.344 e. The molecule has 1 amide bonds. The maximum Gasteiger partial charge on any atom is 0.233 e. The molecule has 1 aromatic rings. The molecule has 2 nitrogen and oxygen atoms in total. The third-order valence-corrected chi connectivity index (χ3v) is 2.52. The second-order valence-electron chi connectivity index (χ2n) is 3.35. The molecule has 0 saturated carbocycles. The van der Waals surface area contributed by atoms with Gasteiger partial charge in [-0.2, -0.15) is 12.6 Å². The zero-order valence-electron chi connectivity index (χ0n) is 9.23. The Balaban J connectivity index is 2.42. The minimum atomic E-state index is -0.318. The Labute approximate surface area is 102 Å². The van der Waals surface area contributed by atoms with Gasteiger partial charge in [-0.05, 0) is 18.9 Å². The molecule has 1 unspecified atom stereocenters. The Kier molecular flexibility index (Phi) is 5.52. The summed E-state index contributed by atoms with van der Waals surface area (Å²) in [4.78, 5) is 11.6. The lowest BCUT2D eigenvalue weighted by molar-refractivity contribution is -0.120. The van der Waals surface area contributed by atoms with Crippen molar-refractivity contribution >= 4 is 18.5 Å². The van der Waals surface area contributed by atoms with Crippen LogP contribution in [0.2, 0.25) is 0 Å². The summed E-state index contributed by atoms with van der Waals surface area (Å²) in [5.74, 6) is 5.43. The number of carbonyl (C=O) groups excluding carboxylic acids is 1. The van der Waals surface area contributed by atoms with Crippen LogP contribution in [-0.2, 0) is 11.2 Å². The monoisotopic (exact) mass is 233 g/mol. The number of benzene rings is 1. The van der Waals surface area contributed by atoms with Crippen molar-refractivity contribution in [3.8, 4) is 11.8 Å². The van der Waals surface area contributed by atoms with Gasteiger partial charge in [-0.15, -0.1) is 5.92 Å². The van der Waals surface area contributed by atoms with Crippen LogP contribution in [0.25, 0.3) is 0 Å². The van der Waals surface area contributed by atoms with Gasteiger partial charge in [0, 0.05) is 0 Å². The predicted octanol–water partition coefficient (Wildman–Crippen LogP) is 1.67. The molecule has 84 valence electrons. The summed E-state index contributed by atoms with van der Waals surface area (Å²) >= 11 is 4.28. The number of carbonyl (C=O) groups is 1. The quantitative estimate of drug-likeness (QED) is 0.601. The highest BCUT2D eigenvalue weighted by Gasteiger charge is 2.13. The molecule has 0 bridgehead atoms. The molecule has 0 heterocycles. The summed E-state index contributed by atoms with van der Waals surface area (Å²) in [6.45, 7) is 2.13. The van der Waals surface area contributed by atoms with Gasteiger partial charge in [-0.25, -0.2) is 0 Å². The summed E-state index contributed by atoms with van der Waals surface area (Å²) in [5.41, 5.74) is 1.11. The fourth-order valence-electron chi connectivity index (χ4n) is 1.27. The number of rotatable bonds is 4. The lowest BCUT2D eigenvalue weighted by Gasteiger charge is -2.09. The van der Waals surface area contributed by atoms with E-state index in [1.165, 1.54) is 0 Å². The molecule has 1 aromatic carbocycles. The van der Waals surface area contributed by atoms with E-state index in [1.54, 1.807) is 6.92 Å². The normalized spacial score (nSPS) is 11.1. The molecule has 0 aromatic heterocycles. The molecule has 3 heteroatoms. The molecule has 1 N–H and O–H groups in total.